The number of carbonyl (C=O) groups excluding carboxylic acids is 1. The van der Waals surface area contributed by atoms with Crippen LogP contribution in [0.5, 0.6) is 0 Å². The minimum Gasteiger partial charge on any atom is -0.367 e. The van der Waals surface area contributed by atoms with Gasteiger partial charge in [0.15, 0.2) is 0 Å². The largest absolute Gasteiger partial charge is 0.367 e. The van der Waals surface area contributed by atoms with Crippen LogP contribution in [0, 0.1) is 11.8 Å². The van der Waals surface area contributed by atoms with E-state index in [0.29, 0.717) is 23.4 Å². The van der Waals surface area contributed by atoms with Crippen molar-refractivity contribution in [1.29, 1.82) is 0 Å². The zero-order valence-electron chi connectivity index (χ0n) is 14.2. The summed E-state index contributed by atoms with van der Waals surface area (Å²) in [6.45, 7) is 8.68. The minimum absolute atomic E-state index is 0.0159. The number of carbonyl (C=O) groups is 1. The Hall–Kier alpha value is -1.62. The van der Waals surface area contributed by atoms with E-state index in [0.717, 1.165) is 32.0 Å². The third-order valence-electron chi connectivity index (χ3n) is 4.50. The van der Waals surface area contributed by atoms with Crippen molar-refractivity contribution in [2.75, 3.05) is 31.5 Å². The Kier molecular flexibility index (Phi) is 5.16. The summed E-state index contributed by atoms with van der Waals surface area (Å²) in [5.74, 6) is 2.13. The molecule has 5 nitrogen and oxygen atoms in total. The molecule has 23 heavy (non-hydrogen) atoms. The number of hydrogen-bond donors (Lipinski definition) is 2. The summed E-state index contributed by atoms with van der Waals surface area (Å²) in [5, 5.41) is 6.39. The minimum atomic E-state index is -0.0159. The molecular formula is C18H28N4O. The number of amides is 1. The molecule has 126 valence electrons. The highest BCUT2D eigenvalue weighted by molar-refractivity contribution is 5.94. The first-order chi connectivity index (χ1) is 11.1. The summed E-state index contributed by atoms with van der Waals surface area (Å²) in [5.41, 5.74) is 0.642. The number of aromatic nitrogens is 1. The summed E-state index contributed by atoms with van der Waals surface area (Å²) < 4.78 is 0. The second-order valence-electron chi connectivity index (χ2n) is 7.37. The second kappa shape index (κ2) is 7.30. The Labute approximate surface area is 138 Å². The van der Waals surface area contributed by atoms with Gasteiger partial charge in [0, 0.05) is 31.9 Å². The van der Waals surface area contributed by atoms with Crippen LogP contribution in [0.4, 0.5) is 5.82 Å². The van der Waals surface area contributed by atoms with E-state index < -0.39 is 0 Å². The van der Waals surface area contributed by atoms with E-state index in [1.165, 1.54) is 19.3 Å². The fourth-order valence-corrected chi connectivity index (χ4v) is 3.15. The van der Waals surface area contributed by atoms with Crippen LogP contribution in [0.2, 0.25) is 0 Å². The maximum absolute atomic E-state index is 12.2. The van der Waals surface area contributed by atoms with Crippen molar-refractivity contribution in [2.24, 2.45) is 11.8 Å². The van der Waals surface area contributed by atoms with Crippen molar-refractivity contribution < 1.29 is 4.79 Å². The van der Waals surface area contributed by atoms with Gasteiger partial charge in [-0.1, -0.05) is 13.8 Å². The normalized spacial score (nSPS) is 21.6. The molecule has 2 aliphatic rings. The maximum atomic E-state index is 12.2. The van der Waals surface area contributed by atoms with E-state index in [9.17, 15) is 4.79 Å². The number of rotatable bonds is 7. The van der Waals surface area contributed by atoms with Gasteiger partial charge >= 0.3 is 0 Å². The molecule has 0 unspecified atom stereocenters. The van der Waals surface area contributed by atoms with Crippen molar-refractivity contribution in [3.63, 3.8) is 0 Å². The van der Waals surface area contributed by atoms with Gasteiger partial charge in [-0.05, 0) is 49.8 Å². The molecule has 5 heteroatoms. The van der Waals surface area contributed by atoms with Crippen LogP contribution < -0.4 is 10.6 Å². The number of likely N-dealkylation sites (tertiary alicyclic amines) is 1. The molecule has 0 aromatic carbocycles. The highest BCUT2D eigenvalue weighted by atomic mass is 16.1. The standard InChI is InChI=1S/C18H28N4O/c1-13(2)11-22-8-7-14(12-22)9-20-18(23)15-3-6-17(19-10-15)21-16-4-5-16/h3,6,10,13-14,16H,4-5,7-9,11-12H2,1-2H3,(H,19,21)(H,20,23)/t14-/m1/s1. The molecule has 0 bridgehead atoms. The average Bonchev–Trinajstić information content (AvgIpc) is 3.23. The van der Waals surface area contributed by atoms with Crippen molar-refractivity contribution in [2.45, 2.75) is 39.2 Å². The summed E-state index contributed by atoms with van der Waals surface area (Å²) in [6, 6.07) is 4.33. The van der Waals surface area contributed by atoms with E-state index in [2.05, 4.69) is 34.4 Å². The molecule has 1 saturated carbocycles. The topological polar surface area (TPSA) is 57.3 Å². The Morgan fingerprint density at radius 2 is 2.17 bits per heavy atom. The molecule has 1 aromatic rings. The lowest BCUT2D eigenvalue weighted by atomic mass is 10.1. The predicted molar refractivity (Wildman–Crippen MR) is 92.6 cm³/mol. The van der Waals surface area contributed by atoms with Gasteiger partial charge in [-0.2, -0.15) is 0 Å². The van der Waals surface area contributed by atoms with Crippen molar-refractivity contribution >= 4 is 11.7 Å². The van der Waals surface area contributed by atoms with E-state index in [1.54, 1.807) is 6.20 Å². The van der Waals surface area contributed by atoms with Crippen LogP contribution in [0.1, 0.15) is 43.5 Å². The number of pyridine rings is 1. The summed E-state index contributed by atoms with van der Waals surface area (Å²) in [7, 11) is 0. The summed E-state index contributed by atoms with van der Waals surface area (Å²) in [4.78, 5) is 19.0. The van der Waals surface area contributed by atoms with Gasteiger partial charge in [0.25, 0.3) is 5.91 Å². The first-order valence-corrected chi connectivity index (χ1v) is 8.83. The first-order valence-electron chi connectivity index (χ1n) is 8.83. The number of anilines is 1. The lowest BCUT2D eigenvalue weighted by Gasteiger charge is -2.18. The van der Waals surface area contributed by atoms with Gasteiger partial charge in [-0.15, -0.1) is 0 Å². The molecule has 2 fully saturated rings. The van der Waals surface area contributed by atoms with Crippen LogP contribution in [-0.2, 0) is 0 Å². The third kappa shape index (κ3) is 4.93. The van der Waals surface area contributed by atoms with E-state index in [4.69, 9.17) is 0 Å². The van der Waals surface area contributed by atoms with Crippen LogP contribution in [0.25, 0.3) is 0 Å². The molecule has 1 aliphatic heterocycles. The molecule has 0 radical (unpaired) electrons. The van der Waals surface area contributed by atoms with Gasteiger partial charge in [0.1, 0.15) is 5.82 Å². The predicted octanol–water partition coefficient (Wildman–Crippen LogP) is 2.36. The highest BCUT2D eigenvalue weighted by Gasteiger charge is 2.23. The van der Waals surface area contributed by atoms with Crippen molar-refractivity contribution in [3.05, 3.63) is 23.9 Å². The van der Waals surface area contributed by atoms with Crippen LogP contribution in [0.3, 0.4) is 0 Å². The van der Waals surface area contributed by atoms with Crippen LogP contribution in [-0.4, -0.2) is 48.0 Å². The van der Waals surface area contributed by atoms with Gasteiger partial charge in [-0.3, -0.25) is 4.79 Å². The molecule has 1 aliphatic carbocycles. The van der Waals surface area contributed by atoms with E-state index >= 15 is 0 Å². The Balaban J connectivity index is 1.42. The number of hydrogen-bond acceptors (Lipinski definition) is 4. The van der Waals surface area contributed by atoms with Gasteiger partial charge in [-0.25, -0.2) is 4.98 Å². The van der Waals surface area contributed by atoms with Crippen molar-refractivity contribution in [3.8, 4) is 0 Å². The quantitative estimate of drug-likeness (QED) is 0.811. The summed E-state index contributed by atoms with van der Waals surface area (Å²) >= 11 is 0. The molecular weight excluding hydrogens is 288 g/mol. The first kappa shape index (κ1) is 16.2. The Bertz CT molecular complexity index is 524. The van der Waals surface area contributed by atoms with Gasteiger partial charge < -0.3 is 15.5 Å². The average molecular weight is 316 g/mol. The number of nitrogens with zero attached hydrogens (tertiary/aromatic N) is 2. The van der Waals surface area contributed by atoms with Crippen molar-refractivity contribution in [1.82, 2.24) is 15.2 Å². The molecule has 2 heterocycles. The molecule has 1 amide bonds. The smallest absolute Gasteiger partial charge is 0.252 e. The summed E-state index contributed by atoms with van der Waals surface area (Å²) in [6.07, 6.45) is 5.29. The SMILES string of the molecule is CC(C)CN1CC[C@H](CNC(=O)c2ccc(NC3CC3)nc2)C1. The van der Waals surface area contributed by atoms with Gasteiger partial charge in [0.2, 0.25) is 0 Å². The molecule has 1 aromatic heterocycles. The van der Waals surface area contributed by atoms with Gasteiger partial charge in [0.05, 0.1) is 5.56 Å². The lowest BCUT2D eigenvalue weighted by Crippen LogP contribution is -2.32. The van der Waals surface area contributed by atoms with Crippen LogP contribution in [0.15, 0.2) is 18.3 Å². The Morgan fingerprint density at radius 3 is 2.83 bits per heavy atom. The zero-order valence-corrected chi connectivity index (χ0v) is 14.2. The Morgan fingerprint density at radius 1 is 1.35 bits per heavy atom. The molecule has 1 atom stereocenters. The van der Waals surface area contributed by atoms with E-state index in [1.807, 2.05) is 12.1 Å². The molecule has 1 saturated heterocycles. The fraction of sp³-hybridized carbons (Fsp3) is 0.667. The fourth-order valence-electron chi connectivity index (χ4n) is 3.15. The van der Waals surface area contributed by atoms with E-state index in [-0.39, 0.29) is 5.91 Å². The molecule has 0 spiro atoms. The zero-order chi connectivity index (χ0) is 16.2. The van der Waals surface area contributed by atoms with Crippen LogP contribution >= 0.6 is 0 Å². The monoisotopic (exact) mass is 316 g/mol. The maximum Gasteiger partial charge on any atom is 0.252 e. The molecule has 2 N–H and O–H groups in total. The number of nitrogens with one attached hydrogen (secondary N) is 2. The highest BCUT2D eigenvalue weighted by Crippen LogP contribution is 2.23. The lowest BCUT2D eigenvalue weighted by molar-refractivity contribution is 0.0947. The molecule has 3 rings (SSSR count). The third-order valence-corrected chi connectivity index (χ3v) is 4.50. The second-order valence-corrected chi connectivity index (χ2v) is 7.37.